The smallest absolute Gasteiger partial charge is 0.335 e. The second-order valence-corrected chi connectivity index (χ2v) is 10.9. The SMILES string of the molecule is C=C(CO)C(=O)OCCc1cc(CCOC(=O)C(=C)CO)cc(-c2ccc(C3CCC(CC/C=C/C)CC3)c(F)c2)c1. The molecule has 1 aliphatic carbocycles. The highest BCUT2D eigenvalue weighted by Gasteiger charge is 2.24. The van der Waals surface area contributed by atoms with Gasteiger partial charge in [0.05, 0.1) is 37.6 Å². The van der Waals surface area contributed by atoms with Gasteiger partial charge in [-0.1, -0.05) is 55.6 Å². The molecule has 7 heteroatoms. The van der Waals surface area contributed by atoms with E-state index in [2.05, 4.69) is 25.3 Å². The maximum absolute atomic E-state index is 15.5. The molecule has 2 aromatic rings. The molecule has 226 valence electrons. The van der Waals surface area contributed by atoms with Crippen LogP contribution in [0.2, 0.25) is 0 Å². The van der Waals surface area contributed by atoms with Crippen molar-refractivity contribution < 1.29 is 33.7 Å². The van der Waals surface area contributed by atoms with Crippen molar-refractivity contribution in [2.45, 2.75) is 64.2 Å². The van der Waals surface area contributed by atoms with Crippen LogP contribution in [0.3, 0.4) is 0 Å². The molecule has 1 fully saturated rings. The Morgan fingerprint density at radius 2 is 1.45 bits per heavy atom. The Balaban J connectivity index is 1.75. The van der Waals surface area contributed by atoms with Gasteiger partial charge < -0.3 is 19.7 Å². The molecule has 6 nitrogen and oxygen atoms in total. The second kappa shape index (κ2) is 16.8. The maximum atomic E-state index is 15.5. The van der Waals surface area contributed by atoms with Crippen LogP contribution in [0.25, 0.3) is 11.1 Å². The highest BCUT2D eigenvalue weighted by Crippen LogP contribution is 2.39. The van der Waals surface area contributed by atoms with Crippen LogP contribution in [0.4, 0.5) is 4.39 Å². The zero-order valence-corrected chi connectivity index (χ0v) is 24.6. The summed E-state index contributed by atoms with van der Waals surface area (Å²) in [5.74, 6) is -0.581. The minimum Gasteiger partial charge on any atom is -0.462 e. The molecular weight excluding hydrogens is 535 g/mol. The number of aliphatic hydroxyl groups excluding tert-OH is 2. The maximum Gasteiger partial charge on any atom is 0.335 e. The van der Waals surface area contributed by atoms with Gasteiger partial charge in [-0.25, -0.2) is 14.0 Å². The number of ether oxygens (including phenoxy) is 2. The van der Waals surface area contributed by atoms with Gasteiger partial charge in [0.2, 0.25) is 0 Å². The Bertz CT molecular complexity index is 1220. The third-order valence-corrected chi connectivity index (χ3v) is 7.86. The van der Waals surface area contributed by atoms with Gasteiger partial charge >= 0.3 is 11.9 Å². The third-order valence-electron chi connectivity index (χ3n) is 7.86. The summed E-state index contributed by atoms with van der Waals surface area (Å²) in [6, 6.07) is 11.2. The summed E-state index contributed by atoms with van der Waals surface area (Å²) in [6.07, 6.45) is 11.7. The van der Waals surface area contributed by atoms with Gasteiger partial charge in [0.15, 0.2) is 0 Å². The summed E-state index contributed by atoms with van der Waals surface area (Å²) < 4.78 is 25.9. The van der Waals surface area contributed by atoms with Crippen LogP contribution in [0.15, 0.2) is 72.9 Å². The molecule has 0 spiro atoms. The van der Waals surface area contributed by atoms with E-state index in [0.29, 0.717) is 18.8 Å². The van der Waals surface area contributed by atoms with Crippen molar-refractivity contribution in [1.29, 1.82) is 0 Å². The van der Waals surface area contributed by atoms with Crippen LogP contribution in [-0.4, -0.2) is 48.6 Å². The van der Waals surface area contributed by atoms with Crippen LogP contribution in [0, 0.1) is 11.7 Å². The number of allylic oxidation sites excluding steroid dienone is 2. The summed E-state index contributed by atoms with van der Waals surface area (Å²) in [4.78, 5) is 23.8. The average Bonchev–Trinajstić information content (AvgIpc) is 3.00. The highest BCUT2D eigenvalue weighted by atomic mass is 19.1. The summed E-state index contributed by atoms with van der Waals surface area (Å²) in [5, 5.41) is 18.2. The first kappa shape index (κ1) is 33.0. The molecule has 0 bridgehead atoms. The lowest BCUT2D eigenvalue weighted by Gasteiger charge is -2.29. The molecule has 0 unspecified atom stereocenters. The first-order chi connectivity index (χ1) is 20.2. The highest BCUT2D eigenvalue weighted by molar-refractivity contribution is 5.88. The van der Waals surface area contributed by atoms with Crippen LogP contribution >= 0.6 is 0 Å². The van der Waals surface area contributed by atoms with Crippen LogP contribution in [-0.2, 0) is 31.9 Å². The van der Waals surface area contributed by atoms with Crippen LogP contribution in [0.1, 0.15) is 68.1 Å². The molecule has 1 aliphatic rings. The van der Waals surface area contributed by atoms with Gasteiger partial charge in [-0.15, -0.1) is 0 Å². The van der Waals surface area contributed by atoms with Crippen molar-refractivity contribution in [3.63, 3.8) is 0 Å². The van der Waals surface area contributed by atoms with Gasteiger partial charge in [0.1, 0.15) is 5.82 Å². The number of hydrogen-bond acceptors (Lipinski definition) is 6. The van der Waals surface area contributed by atoms with E-state index in [1.165, 1.54) is 6.42 Å². The number of hydrogen-bond donors (Lipinski definition) is 2. The first-order valence-electron chi connectivity index (χ1n) is 14.7. The number of aliphatic hydroxyl groups is 2. The lowest BCUT2D eigenvalue weighted by Crippen LogP contribution is -2.14. The molecule has 0 saturated heterocycles. The molecule has 42 heavy (non-hydrogen) atoms. The zero-order valence-electron chi connectivity index (χ0n) is 24.6. The van der Waals surface area contributed by atoms with Gasteiger partial charge in [-0.2, -0.15) is 0 Å². The predicted octanol–water partition coefficient (Wildman–Crippen LogP) is 6.39. The number of esters is 2. The number of carbonyl (C=O) groups excluding carboxylic acids is 2. The van der Waals surface area contributed by atoms with Crippen molar-refractivity contribution in [3.05, 3.63) is 95.4 Å². The monoisotopic (exact) mass is 578 g/mol. The van der Waals surface area contributed by atoms with E-state index < -0.39 is 25.2 Å². The van der Waals surface area contributed by atoms with E-state index in [4.69, 9.17) is 19.7 Å². The number of carbonyl (C=O) groups is 2. The zero-order chi connectivity index (χ0) is 30.5. The topological polar surface area (TPSA) is 93.1 Å². The minimum atomic E-state index is -0.658. The van der Waals surface area contributed by atoms with E-state index >= 15 is 4.39 Å². The Morgan fingerprint density at radius 3 is 1.95 bits per heavy atom. The first-order valence-corrected chi connectivity index (χ1v) is 14.7. The fourth-order valence-corrected chi connectivity index (χ4v) is 5.37. The normalized spacial score (nSPS) is 16.8. The molecule has 0 aliphatic heterocycles. The Morgan fingerprint density at radius 1 is 0.881 bits per heavy atom. The lowest BCUT2D eigenvalue weighted by atomic mass is 9.77. The van der Waals surface area contributed by atoms with Crippen molar-refractivity contribution in [2.24, 2.45) is 5.92 Å². The van der Waals surface area contributed by atoms with Gasteiger partial charge in [0, 0.05) is 12.8 Å². The summed E-state index contributed by atoms with van der Waals surface area (Å²) in [7, 11) is 0. The quantitative estimate of drug-likeness (QED) is 0.145. The average molecular weight is 579 g/mol. The third kappa shape index (κ3) is 9.78. The molecule has 2 N–H and O–H groups in total. The summed E-state index contributed by atoms with van der Waals surface area (Å²) in [5.41, 5.74) is 3.98. The lowest BCUT2D eigenvalue weighted by molar-refractivity contribution is -0.140. The Kier molecular flexibility index (Phi) is 13.2. The van der Waals surface area contributed by atoms with Crippen molar-refractivity contribution in [3.8, 4) is 11.1 Å². The molecule has 0 radical (unpaired) electrons. The molecule has 2 aromatic carbocycles. The number of rotatable bonds is 15. The van der Waals surface area contributed by atoms with Crippen LogP contribution in [0.5, 0.6) is 0 Å². The fraction of sp³-hybridized carbons (Fsp3) is 0.429. The number of halogens is 1. The molecule has 0 aromatic heterocycles. The molecule has 3 rings (SSSR count). The van der Waals surface area contributed by atoms with E-state index in [0.717, 1.165) is 59.9 Å². The van der Waals surface area contributed by atoms with E-state index in [9.17, 15) is 9.59 Å². The summed E-state index contributed by atoms with van der Waals surface area (Å²) in [6.45, 7) is 8.21. The molecule has 1 saturated carbocycles. The van der Waals surface area contributed by atoms with Crippen molar-refractivity contribution >= 4 is 11.9 Å². The summed E-state index contributed by atoms with van der Waals surface area (Å²) >= 11 is 0. The van der Waals surface area contributed by atoms with E-state index in [-0.39, 0.29) is 36.1 Å². The van der Waals surface area contributed by atoms with Gasteiger partial charge in [0.25, 0.3) is 0 Å². The number of benzene rings is 2. The Hall–Kier alpha value is -3.55. The molecule has 0 heterocycles. The van der Waals surface area contributed by atoms with Gasteiger partial charge in [-0.05, 0) is 91.2 Å². The largest absolute Gasteiger partial charge is 0.462 e. The van der Waals surface area contributed by atoms with Gasteiger partial charge in [-0.3, -0.25) is 0 Å². The molecule has 0 amide bonds. The minimum absolute atomic E-state index is 0.0200. The second-order valence-electron chi connectivity index (χ2n) is 10.9. The fourth-order valence-electron chi connectivity index (χ4n) is 5.37. The Labute approximate surface area is 248 Å². The predicted molar refractivity (Wildman–Crippen MR) is 162 cm³/mol. The molecular formula is C35H43FO6. The molecule has 0 atom stereocenters. The van der Waals surface area contributed by atoms with E-state index in [1.54, 1.807) is 6.07 Å². The standard InChI is InChI=1S/C35H43FO6/c1-4-5-6-7-26-8-10-29(11-9-26)32-13-12-30(21-33(32)36)31-19-27(14-16-41-34(39)24(2)22-37)18-28(20-31)15-17-42-35(40)25(3)23-38/h4-5,12-13,18-21,26,29,37-38H,2-3,6-11,14-17,22-23H2,1H3/b5-4+. The van der Waals surface area contributed by atoms with E-state index in [1.807, 2.05) is 37.3 Å². The van der Waals surface area contributed by atoms with Crippen LogP contribution < -0.4 is 0 Å². The van der Waals surface area contributed by atoms with Crippen molar-refractivity contribution in [1.82, 2.24) is 0 Å². The van der Waals surface area contributed by atoms with Crippen molar-refractivity contribution in [2.75, 3.05) is 26.4 Å².